The first-order valence-electron chi connectivity index (χ1n) is 7.21. The van der Waals surface area contributed by atoms with Crippen LogP contribution in [0, 0.1) is 6.92 Å². The van der Waals surface area contributed by atoms with E-state index < -0.39 is 0 Å². The highest BCUT2D eigenvalue weighted by Crippen LogP contribution is 2.23. The van der Waals surface area contributed by atoms with E-state index in [4.69, 9.17) is 11.6 Å². The van der Waals surface area contributed by atoms with Crippen LogP contribution in [0.2, 0.25) is 5.02 Å². The number of para-hydroxylation sites is 1. The molecule has 0 atom stereocenters. The molecule has 1 heterocycles. The number of benzene rings is 1. The minimum absolute atomic E-state index is 0.0993. The van der Waals surface area contributed by atoms with Gasteiger partial charge in [-0.05, 0) is 39.0 Å². The summed E-state index contributed by atoms with van der Waals surface area (Å²) in [6.07, 6.45) is 0. The standard InChI is InChI=1S/C16H19ClN4O/c1-4-21(5-2)15(22)14-10-11(3)18-16(20-14)19-13-9-7-6-8-12(13)17/h6-10H,4-5H2,1-3H3,(H,18,19,20). The van der Waals surface area contributed by atoms with Crippen LogP contribution in [-0.4, -0.2) is 33.9 Å². The number of nitrogens with zero attached hydrogens (tertiary/aromatic N) is 3. The smallest absolute Gasteiger partial charge is 0.272 e. The van der Waals surface area contributed by atoms with E-state index >= 15 is 0 Å². The third kappa shape index (κ3) is 3.74. The summed E-state index contributed by atoms with van der Waals surface area (Å²) in [7, 11) is 0. The van der Waals surface area contributed by atoms with E-state index in [1.165, 1.54) is 0 Å². The van der Waals surface area contributed by atoms with Crippen molar-refractivity contribution in [2.75, 3.05) is 18.4 Å². The van der Waals surface area contributed by atoms with E-state index in [1.807, 2.05) is 39.0 Å². The number of anilines is 2. The summed E-state index contributed by atoms with van der Waals surface area (Å²) in [4.78, 5) is 22.8. The van der Waals surface area contributed by atoms with Gasteiger partial charge in [0.15, 0.2) is 0 Å². The summed E-state index contributed by atoms with van der Waals surface area (Å²) >= 11 is 6.12. The van der Waals surface area contributed by atoms with E-state index in [-0.39, 0.29) is 5.91 Å². The van der Waals surface area contributed by atoms with Gasteiger partial charge in [0.2, 0.25) is 5.95 Å². The Kier molecular flexibility index (Phi) is 5.33. The zero-order valence-corrected chi connectivity index (χ0v) is 13.7. The molecule has 0 saturated carbocycles. The van der Waals surface area contributed by atoms with Crippen molar-refractivity contribution in [2.24, 2.45) is 0 Å². The zero-order chi connectivity index (χ0) is 16.1. The zero-order valence-electron chi connectivity index (χ0n) is 12.9. The molecule has 0 fully saturated rings. The van der Waals surface area contributed by atoms with Gasteiger partial charge in [0.05, 0.1) is 10.7 Å². The number of rotatable bonds is 5. The van der Waals surface area contributed by atoms with Gasteiger partial charge in [-0.1, -0.05) is 23.7 Å². The highest BCUT2D eigenvalue weighted by molar-refractivity contribution is 6.33. The summed E-state index contributed by atoms with van der Waals surface area (Å²) in [6.45, 7) is 7.01. The maximum Gasteiger partial charge on any atom is 0.272 e. The quantitative estimate of drug-likeness (QED) is 0.914. The summed E-state index contributed by atoms with van der Waals surface area (Å²) in [5.41, 5.74) is 1.81. The van der Waals surface area contributed by atoms with Gasteiger partial charge in [0.1, 0.15) is 5.69 Å². The molecule has 0 aliphatic rings. The molecule has 116 valence electrons. The van der Waals surface area contributed by atoms with Crippen LogP contribution in [0.25, 0.3) is 0 Å². The number of carbonyl (C=O) groups is 1. The van der Waals surface area contributed by atoms with Crippen molar-refractivity contribution in [3.05, 3.63) is 46.7 Å². The minimum atomic E-state index is -0.0993. The topological polar surface area (TPSA) is 58.1 Å². The number of amides is 1. The second-order valence-electron chi connectivity index (χ2n) is 4.80. The van der Waals surface area contributed by atoms with Crippen molar-refractivity contribution in [1.29, 1.82) is 0 Å². The highest BCUT2D eigenvalue weighted by Gasteiger charge is 2.16. The van der Waals surface area contributed by atoms with E-state index in [9.17, 15) is 4.79 Å². The second kappa shape index (κ2) is 7.22. The Morgan fingerprint density at radius 2 is 1.91 bits per heavy atom. The lowest BCUT2D eigenvalue weighted by Gasteiger charge is -2.18. The van der Waals surface area contributed by atoms with Gasteiger partial charge in [-0.15, -0.1) is 0 Å². The molecule has 1 amide bonds. The first kappa shape index (κ1) is 16.2. The van der Waals surface area contributed by atoms with Crippen LogP contribution in [0.5, 0.6) is 0 Å². The van der Waals surface area contributed by atoms with E-state index in [2.05, 4.69) is 15.3 Å². The van der Waals surface area contributed by atoms with Crippen molar-refractivity contribution in [3.63, 3.8) is 0 Å². The third-order valence-electron chi connectivity index (χ3n) is 3.24. The molecule has 2 rings (SSSR count). The second-order valence-corrected chi connectivity index (χ2v) is 5.21. The fraction of sp³-hybridized carbons (Fsp3) is 0.312. The molecule has 0 unspecified atom stereocenters. The highest BCUT2D eigenvalue weighted by atomic mass is 35.5. The number of aryl methyl sites for hydroxylation is 1. The molecule has 1 N–H and O–H groups in total. The molecular formula is C16H19ClN4O. The lowest BCUT2D eigenvalue weighted by molar-refractivity contribution is 0.0767. The fourth-order valence-electron chi connectivity index (χ4n) is 2.09. The number of nitrogens with one attached hydrogen (secondary N) is 1. The molecule has 1 aromatic carbocycles. The maximum absolute atomic E-state index is 12.4. The lowest BCUT2D eigenvalue weighted by Crippen LogP contribution is -2.31. The van der Waals surface area contributed by atoms with Crippen LogP contribution >= 0.6 is 11.6 Å². The van der Waals surface area contributed by atoms with Crippen molar-refractivity contribution in [3.8, 4) is 0 Å². The normalized spacial score (nSPS) is 10.4. The molecule has 5 nitrogen and oxygen atoms in total. The van der Waals surface area contributed by atoms with Crippen LogP contribution in [-0.2, 0) is 0 Å². The van der Waals surface area contributed by atoms with Gasteiger partial charge in [-0.25, -0.2) is 9.97 Å². The largest absolute Gasteiger partial charge is 0.338 e. The van der Waals surface area contributed by atoms with E-state index in [0.29, 0.717) is 35.4 Å². The Hall–Kier alpha value is -2.14. The Balaban J connectivity index is 2.31. The summed E-state index contributed by atoms with van der Waals surface area (Å²) in [5, 5.41) is 3.63. The minimum Gasteiger partial charge on any atom is -0.338 e. The van der Waals surface area contributed by atoms with Crippen LogP contribution in [0.1, 0.15) is 30.0 Å². The molecule has 0 saturated heterocycles. The van der Waals surface area contributed by atoms with Gasteiger partial charge >= 0.3 is 0 Å². The third-order valence-corrected chi connectivity index (χ3v) is 3.57. The van der Waals surface area contributed by atoms with Gasteiger partial charge in [-0.3, -0.25) is 4.79 Å². The molecular weight excluding hydrogens is 300 g/mol. The number of aromatic nitrogens is 2. The number of hydrogen-bond acceptors (Lipinski definition) is 4. The molecule has 0 aliphatic carbocycles. The molecule has 1 aromatic heterocycles. The van der Waals surface area contributed by atoms with Crippen molar-refractivity contribution >= 4 is 29.1 Å². The van der Waals surface area contributed by atoms with Crippen molar-refractivity contribution in [2.45, 2.75) is 20.8 Å². The number of carbonyl (C=O) groups excluding carboxylic acids is 1. The van der Waals surface area contributed by atoms with Gasteiger partial charge < -0.3 is 10.2 Å². The predicted molar refractivity (Wildman–Crippen MR) is 88.8 cm³/mol. The lowest BCUT2D eigenvalue weighted by atomic mass is 10.3. The first-order valence-corrected chi connectivity index (χ1v) is 7.59. The Morgan fingerprint density at radius 1 is 1.23 bits per heavy atom. The van der Waals surface area contributed by atoms with Gasteiger partial charge in [-0.2, -0.15) is 0 Å². The average Bonchev–Trinajstić information content (AvgIpc) is 2.50. The number of hydrogen-bond donors (Lipinski definition) is 1. The SMILES string of the molecule is CCN(CC)C(=O)c1cc(C)nc(Nc2ccccc2Cl)n1. The first-order chi connectivity index (χ1) is 10.5. The van der Waals surface area contributed by atoms with Crippen LogP contribution < -0.4 is 5.32 Å². The van der Waals surface area contributed by atoms with Crippen LogP contribution in [0.4, 0.5) is 11.6 Å². The summed E-state index contributed by atoms with van der Waals surface area (Å²) in [6, 6.07) is 9.02. The molecule has 0 aliphatic heterocycles. The van der Waals surface area contributed by atoms with Crippen LogP contribution in [0.15, 0.2) is 30.3 Å². The van der Waals surface area contributed by atoms with Crippen molar-refractivity contribution in [1.82, 2.24) is 14.9 Å². The molecule has 0 bridgehead atoms. The monoisotopic (exact) mass is 318 g/mol. The van der Waals surface area contributed by atoms with Crippen LogP contribution in [0.3, 0.4) is 0 Å². The fourth-order valence-corrected chi connectivity index (χ4v) is 2.27. The van der Waals surface area contributed by atoms with Gasteiger partial charge in [0.25, 0.3) is 5.91 Å². The Bertz CT molecular complexity index is 671. The predicted octanol–water partition coefficient (Wildman–Crippen LogP) is 3.66. The Morgan fingerprint density at radius 3 is 2.55 bits per heavy atom. The molecule has 0 radical (unpaired) electrons. The molecule has 22 heavy (non-hydrogen) atoms. The Labute approximate surface area is 135 Å². The van der Waals surface area contributed by atoms with Gasteiger partial charge in [0, 0.05) is 18.8 Å². The van der Waals surface area contributed by atoms with E-state index in [0.717, 1.165) is 5.69 Å². The van der Waals surface area contributed by atoms with Crippen molar-refractivity contribution < 1.29 is 4.79 Å². The molecule has 2 aromatic rings. The summed E-state index contributed by atoms with van der Waals surface area (Å²) in [5.74, 6) is 0.265. The van der Waals surface area contributed by atoms with E-state index in [1.54, 1.807) is 17.0 Å². The number of halogens is 1. The average molecular weight is 319 g/mol. The maximum atomic E-state index is 12.4. The molecule has 0 spiro atoms. The summed E-state index contributed by atoms with van der Waals surface area (Å²) < 4.78 is 0. The molecule has 6 heteroatoms.